The average molecular weight is 264 g/mol. The number of nitrogens with one attached hydrogen (secondary N) is 1. The van der Waals surface area contributed by atoms with Crippen molar-refractivity contribution in [2.75, 3.05) is 5.32 Å². The minimum absolute atomic E-state index is 0.0984. The molecule has 19 heavy (non-hydrogen) atoms. The summed E-state index contributed by atoms with van der Waals surface area (Å²) in [7, 11) is 0. The van der Waals surface area contributed by atoms with Crippen molar-refractivity contribution >= 4 is 11.4 Å². The highest BCUT2D eigenvalue weighted by molar-refractivity contribution is 5.66. The van der Waals surface area contributed by atoms with Crippen LogP contribution in [0.1, 0.15) is 11.1 Å². The molecule has 2 rings (SSSR count). The Bertz CT molecular complexity index is 617. The zero-order valence-corrected chi connectivity index (χ0v) is 9.44. The number of alkyl halides is 3. The Morgan fingerprint density at radius 1 is 1.16 bits per heavy atom. The van der Waals surface area contributed by atoms with Crippen LogP contribution in [0.2, 0.25) is 0 Å². The van der Waals surface area contributed by atoms with Gasteiger partial charge < -0.3 is 5.32 Å². The van der Waals surface area contributed by atoms with Gasteiger partial charge in [-0.15, -0.1) is 0 Å². The van der Waals surface area contributed by atoms with Gasteiger partial charge in [0.25, 0.3) is 0 Å². The van der Waals surface area contributed by atoms with Gasteiger partial charge in [-0.3, -0.25) is 0 Å². The van der Waals surface area contributed by atoms with Crippen LogP contribution in [-0.2, 0) is 6.18 Å². The Morgan fingerprint density at radius 2 is 1.84 bits per heavy atom. The smallest absolute Gasteiger partial charge is 0.352 e. The molecule has 0 saturated heterocycles. The molecule has 0 bridgehead atoms. The van der Waals surface area contributed by atoms with Crippen LogP contribution in [0.3, 0.4) is 0 Å². The molecule has 0 amide bonds. The van der Waals surface area contributed by atoms with Crippen molar-refractivity contribution in [2.24, 2.45) is 0 Å². The number of hydrogen-bond donors (Lipinski definition) is 1. The van der Waals surface area contributed by atoms with Gasteiger partial charge in [-0.05, 0) is 18.2 Å². The van der Waals surface area contributed by atoms with Crippen molar-refractivity contribution in [2.45, 2.75) is 6.18 Å². The van der Waals surface area contributed by atoms with Crippen molar-refractivity contribution in [3.05, 3.63) is 48.0 Å². The van der Waals surface area contributed by atoms with Gasteiger partial charge in [-0.25, -0.2) is 9.97 Å². The van der Waals surface area contributed by atoms with Crippen LogP contribution in [0.4, 0.5) is 24.5 Å². The summed E-state index contributed by atoms with van der Waals surface area (Å²) < 4.78 is 37.5. The number of nitriles is 1. The standard InChI is InChI=1S/C12H7F3N4/c13-12(14,15)9-1-2-11(8(3-9)4-16)19-10-5-17-7-18-6-10/h1-3,5-7,19H. The molecule has 1 aromatic heterocycles. The molecule has 0 atom stereocenters. The van der Waals surface area contributed by atoms with E-state index in [0.29, 0.717) is 5.69 Å². The van der Waals surface area contributed by atoms with Gasteiger partial charge in [0, 0.05) is 0 Å². The van der Waals surface area contributed by atoms with Crippen LogP contribution in [0.15, 0.2) is 36.9 Å². The largest absolute Gasteiger partial charge is 0.416 e. The number of rotatable bonds is 2. The van der Waals surface area contributed by atoms with Crippen LogP contribution in [0, 0.1) is 11.3 Å². The average Bonchev–Trinajstić information content (AvgIpc) is 2.39. The monoisotopic (exact) mass is 264 g/mol. The SMILES string of the molecule is N#Cc1cc(C(F)(F)F)ccc1Nc1cncnc1. The molecule has 4 nitrogen and oxygen atoms in total. The van der Waals surface area contributed by atoms with Crippen LogP contribution < -0.4 is 5.32 Å². The van der Waals surface area contributed by atoms with Crippen molar-refractivity contribution < 1.29 is 13.2 Å². The molecule has 2 aromatic rings. The summed E-state index contributed by atoms with van der Waals surface area (Å²) >= 11 is 0. The lowest BCUT2D eigenvalue weighted by molar-refractivity contribution is -0.137. The molecule has 0 aliphatic heterocycles. The van der Waals surface area contributed by atoms with E-state index in [2.05, 4.69) is 15.3 Å². The topological polar surface area (TPSA) is 61.6 Å². The molecule has 1 aromatic carbocycles. The molecule has 96 valence electrons. The summed E-state index contributed by atoms with van der Waals surface area (Å²) in [6.07, 6.45) is -0.249. The maximum atomic E-state index is 12.5. The third-order valence-electron chi connectivity index (χ3n) is 2.31. The third-order valence-corrected chi connectivity index (χ3v) is 2.31. The molecule has 7 heteroatoms. The first-order valence-corrected chi connectivity index (χ1v) is 5.14. The molecule has 0 unspecified atom stereocenters. The quantitative estimate of drug-likeness (QED) is 0.905. The molecular formula is C12H7F3N4. The third kappa shape index (κ3) is 2.98. The van der Waals surface area contributed by atoms with Gasteiger partial charge in [0.1, 0.15) is 12.4 Å². The molecule has 0 spiro atoms. The van der Waals surface area contributed by atoms with Gasteiger partial charge in [0.2, 0.25) is 0 Å². The summed E-state index contributed by atoms with van der Waals surface area (Å²) in [6, 6.07) is 4.64. The number of benzene rings is 1. The van der Waals surface area contributed by atoms with Gasteiger partial charge in [-0.1, -0.05) is 0 Å². The second kappa shape index (κ2) is 4.94. The Balaban J connectivity index is 2.35. The number of nitrogens with zero attached hydrogens (tertiary/aromatic N) is 3. The molecular weight excluding hydrogens is 257 g/mol. The highest BCUT2D eigenvalue weighted by atomic mass is 19.4. The highest BCUT2D eigenvalue weighted by Gasteiger charge is 2.31. The first-order chi connectivity index (χ1) is 9.00. The van der Waals surface area contributed by atoms with E-state index in [0.717, 1.165) is 12.1 Å². The summed E-state index contributed by atoms with van der Waals surface area (Å²) in [5, 5.41) is 11.7. The van der Waals surface area contributed by atoms with E-state index < -0.39 is 11.7 Å². The van der Waals surface area contributed by atoms with Crippen molar-refractivity contribution in [3.63, 3.8) is 0 Å². The minimum atomic E-state index is -4.47. The molecule has 1 heterocycles. The molecule has 0 aliphatic carbocycles. The van der Waals surface area contributed by atoms with Crippen LogP contribution in [0.25, 0.3) is 0 Å². The van der Waals surface area contributed by atoms with E-state index in [1.165, 1.54) is 24.8 Å². The van der Waals surface area contributed by atoms with Crippen LogP contribution in [0.5, 0.6) is 0 Å². The number of anilines is 2. The second-order valence-corrected chi connectivity index (χ2v) is 3.62. The van der Waals surface area contributed by atoms with Gasteiger partial charge in [-0.2, -0.15) is 18.4 Å². The predicted molar refractivity (Wildman–Crippen MR) is 61.5 cm³/mol. The first kappa shape index (κ1) is 12.8. The van der Waals surface area contributed by atoms with E-state index in [9.17, 15) is 13.2 Å². The summed E-state index contributed by atoms with van der Waals surface area (Å²) in [5.74, 6) is 0. The predicted octanol–water partition coefficient (Wildman–Crippen LogP) is 3.11. The lowest BCUT2D eigenvalue weighted by Gasteiger charge is -2.11. The Morgan fingerprint density at radius 3 is 2.42 bits per heavy atom. The molecule has 0 fully saturated rings. The van der Waals surface area contributed by atoms with Crippen LogP contribution >= 0.6 is 0 Å². The number of halogens is 3. The fourth-order valence-electron chi connectivity index (χ4n) is 1.44. The Hall–Kier alpha value is -2.62. The second-order valence-electron chi connectivity index (χ2n) is 3.62. The fraction of sp³-hybridized carbons (Fsp3) is 0.0833. The highest BCUT2D eigenvalue weighted by Crippen LogP contribution is 2.32. The van der Waals surface area contributed by atoms with Gasteiger partial charge in [0.05, 0.1) is 34.9 Å². The fourth-order valence-corrected chi connectivity index (χ4v) is 1.44. The Kier molecular flexibility index (Phi) is 3.33. The van der Waals surface area contributed by atoms with E-state index >= 15 is 0 Å². The molecule has 0 saturated carbocycles. The van der Waals surface area contributed by atoms with Crippen molar-refractivity contribution in [1.82, 2.24) is 9.97 Å². The minimum Gasteiger partial charge on any atom is -0.352 e. The van der Waals surface area contributed by atoms with E-state index in [1.54, 1.807) is 6.07 Å². The lowest BCUT2D eigenvalue weighted by Crippen LogP contribution is -2.06. The number of hydrogen-bond acceptors (Lipinski definition) is 4. The van der Waals surface area contributed by atoms with Gasteiger partial charge in [0.15, 0.2) is 0 Å². The maximum Gasteiger partial charge on any atom is 0.416 e. The normalized spacial score (nSPS) is 10.8. The van der Waals surface area contributed by atoms with E-state index in [4.69, 9.17) is 5.26 Å². The summed E-state index contributed by atoms with van der Waals surface area (Å²) in [6.45, 7) is 0. The Labute approximate surface area is 106 Å². The van der Waals surface area contributed by atoms with Gasteiger partial charge >= 0.3 is 6.18 Å². The first-order valence-electron chi connectivity index (χ1n) is 5.14. The van der Waals surface area contributed by atoms with E-state index in [1.807, 2.05) is 0 Å². The van der Waals surface area contributed by atoms with E-state index in [-0.39, 0.29) is 11.3 Å². The zero-order valence-electron chi connectivity index (χ0n) is 9.44. The summed E-state index contributed by atoms with van der Waals surface area (Å²) in [5.41, 5.74) is -0.207. The lowest BCUT2D eigenvalue weighted by atomic mass is 10.1. The van der Waals surface area contributed by atoms with Crippen LogP contribution in [-0.4, -0.2) is 9.97 Å². The molecule has 1 N–H and O–H groups in total. The molecule has 0 aliphatic rings. The molecule has 0 radical (unpaired) electrons. The van der Waals surface area contributed by atoms with Crippen molar-refractivity contribution in [1.29, 1.82) is 5.26 Å². The summed E-state index contributed by atoms with van der Waals surface area (Å²) in [4.78, 5) is 7.51. The maximum absolute atomic E-state index is 12.5. The zero-order chi connectivity index (χ0) is 13.9. The van der Waals surface area contributed by atoms with Crippen molar-refractivity contribution in [3.8, 4) is 6.07 Å². The number of aromatic nitrogens is 2.